The molecule has 2 atom stereocenters. The van der Waals surface area contributed by atoms with E-state index < -0.39 is 0 Å². The summed E-state index contributed by atoms with van der Waals surface area (Å²) in [5.41, 5.74) is 0.252. The molecule has 0 saturated carbocycles. The molecule has 2 rings (SSSR count). The Morgan fingerprint density at radius 3 is 2.68 bits per heavy atom. The average molecular weight is 267 g/mol. The van der Waals surface area contributed by atoms with Gasteiger partial charge in [-0.25, -0.2) is 0 Å². The third-order valence-electron chi connectivity index (χ3n) is 4.71. The van der Waals surface area contributed by atoms with Crippen LogP contribution in [0.1, 0.15) is 53.4 Å². The van der Waals surface area contributed by atoms with Gasteiger partial charge >= 0.3 is 0 Å². The zero-order valence-electron chi connectivity index (χ0n) is 13.4. The van der Waals surface area contributed by atoms with Gasteiger partial charge in [0.25, 0.3) is 0 Å². The van der Waals surface area contributed by atoms with Crippen LogP contribution in [-0.2, 0) is 0 Å². The van der Waals surface area contributed by atoms with Crippen LogP contribution < -0.4 is 5.32 Å². The highest BCUT2D eigenvalue weighted by Crippen LogP contribution is 2.22. The lowest BCUT2D eigenvalue weighted by atomic mass is 9.98. The van der Waals surface area contributed by atoms with Crippen molar-refractivity contribution in [3.8, 4) is 0 Å². The molecule has 0 spiro atoms. The molecule has 2 aliphatic heterocycles. The zero-order valence-corrected chi connectivity index (χ0v) is 13.4. The van der Waals surface area contributed by atoms with Gasteiger partial charge < -0.3 is 5.32 Å². The molecule has 0 aromatic rings. The number of nitrogens with zero attached hydrogens (tertiary/aromatic N) is 2. The van der Waals surface area contributed by atoms with E-state index in [4.69, 9.17) is 0 Å². The molecular formula is C16H33N3. The fourth-order valence-corrected chi connectivity index (χ4v) is 3.42. The summed E-state index contributed by atoms with van der Waals surface area (Å²) < 4.78 is 0. The van der Waals surface area contributed by atoms with Gasteiger partial charge in [-0.3, -0.25) is 9.80 Å². The van der Waals surface area contributed by atoms with E-state index in [0.717, 1.165) is 18.6 Å². The standard InChI is InChI=1S/C16H33N3/c1-14(8-9-17-16(2,3)4)19-12-11-18-10-6-5-7-15(18)13-19/h14-15,17H,5-13H2,1-4H3. The lowest BCUT2D eigenvalue weighted by Crippen LogP contribution is -2.57. The lowest BCUT2D eigenvalue weighted by molar-refractivity contribution is 0.0291. The number of nitrogens with one attached hydrogen (secondary N) is 1. The van der Waals surface area contributed by atoms with E-state index in [0.29, 0.717) is 0 Å². The molecule has 1 N–H and O–H groups in total. The van der Waals surface area contributed by atoms with Gasteiger partial charge in [-0.05, 0) is 60.0 Å². The van der Waals surface area contributed by atoms with Crippen LogP contribution in [0.25, 0.3) is 0 Å². The molecule has 112 valence electrons. The lowest BCUT2D eigenvalue weighted by Gasteiger charge is -2.46. The maximum atomic E-state index is 3.61. The van der Waals surface area contributed by atoms with Crippen LogP contribution in [0.3, 0.4) is 0 Å². The van der Waals surface area contributed by atoms with Crippen LogP contribution in [0.15, 0.2) is 0 Å². The molecule has 0 aromatic heterocycles. The molecule has 2 fully saturated rings. The third-order valence-corrected chi connectivity index (χ3v) is 4.71. The first-order chi connectivity index (χ1) is 8.96. The van der Waals surface area contributed by atoms with Crippen LogP contribution in [0.5, 0.6) is 0 Å². The molecular weight excluding hydrogens is 234 g/mol. The van der Waals surface area contributed by atoms with Crippen molar-refractivity contribution >= 4 is 0 Å². The van der Waals surface area contributed by atoms with Gasteiger partial charge in [0.15, 0.2) is 0 Å². The van der Waals surface area contributed by atoms with Gasteiger partial charge in [-0.2, -0.15) is 0 Å². The Kier molecular flexibility index (Phi) is 5.27. The number of fused-ring (bicyclic) bond motifs is 1. The number of hydrogen-bond donors (Lipinski definition) is 1. The first-order valence-corrected chi connectivity index (χ1v) is 8.19. The van der Waals surface area contributed by atoms with Gasteiger partial charge in [0.2, 0.25) is 0 Å². The topological polar surface area (TPSA) is 18.5 Å². The molecule has 0 aliphatic carbocycles. The zero-order chi connectivity index (χ0) is 13.9. The van der Waals surface area contributed by atoms with E-state index in [1.807, 2.05) is 0 Å². The summed E-state index contributed by atoms with van der Waals surface area (Å²) in [6.07, 6.45) is 5.55. The summed E-state index contributed by atoms with van der Waals surface area (Å²) in [5.74, 6) is 0. The summed E-state index contributed by atoms with van der Waals surface area (Å²) in [5, 5.41) is 3.61. The Bertz CT molecular complexity index is 272. The monoisotopic (exact) mass is 267 g/mol. The van der Waals surface area contributed by atoms with E-state index >= 15 is 0 Å². The van der Waals surface area contributed by atoms with Crippen molar-refractivity contribution < 1.29 is 0 Å². The largest absolute Gasteiger partial charge is 0.312 e. The van der Waals surface area contributed by atoms with Crippen molar-refractivity contribution in [3.63, 3.8) is 0 Å². The molecule has 2 heterocycles. The fourth-order valence-electron chi connectivity index (χ4n) is 3.42. The minimum absolute atomic E-state index is 0.252. The average Bonchev–Trinajstić information content (AvgIpc) is 2.36. The Labute approximate surface area is 119 Å². The molecule has 0 aromatic carbocycles. The van der Waals surface area contributed by atoms with Crippen LogP contribution in [0, 0.1) is 0 Å². The highest BCUT2D eigenvalue weighted by atomic mass is 15.3. The summed E-state index contributed by atoms with van der Waals surface area (Å²) in [7, 11) is 0. The smallest absolute Gasteiger partial charge is 0.0223 e. The Balaban J connectivity index is 1.72. The first kappa shape index (κ1) is 15.3. The van der Waals surface area contributed by atoms with Crippen molar-refractivity contribution in [2.24, 2.45) is 0 Å². The number of rotatable bonds is 4. The van der Waals surface area contributed by atoms with Crippen molar-refractivity contribution in [2.45, 2.75) is 71.0 Å². The molecule has 2 unspecified atom stereocenters. The molecule has 0 radical (unpaired) electrons. The van der Waals surface area contributed by atoms with Crippen molar-refractivity contribution in [3.05, 3.63) is 0 Å². The molecule has 0 bridgehead atoms. The molecule has 19 heavy (non-hydrogen) atoms. The van der Waals surface area contributed by atoms with Crippen LogP contribution in [0.4, 0.5) is 0 Å². The Hall–Kier alpha value is -0.120. The predicted octanol–water partition coefficient (Wildman–Crippen LogP) is 2.32. The number of piperazine rings is 1. The van der Waals surface area contributed by atoms with E-state index in [9.17, 15) is 0 Å². The summed E-state index contributed by atoms with van der Waals surface area (Å²) in [6.45, 7) is 15.5. The molecule has 2 saturated heterocycles. The second kappa shape index (κ2) is 6.55. The molecule has 3 nitrogen and oxygen atoms in total. The molecule has 3 heteroatoms. The second-order valence-corrected chi connectivity index (χ2v) is 7.49. The maximum absolute atomic E-state index is 3.61. The van der Waals surface area contributed by atoms with Gasteiger partial charge in [0, 0.05) is 37.3 Å². The van der Waals surface area contributed by atoms with E-state index in [1.165, 1.54) is 51.9 Å². The highest BCUT2D eigenvalue weighted by Gasteiger charge is 2.30. The van der Waals surface area contributed by atoms with Gasteiger partial charge in [-0.1, -0.05) is 6.42 Å². The Morgan fingerprint density at radius 2 is 1.95 bits per heavy atom. The molecule has 2 aliphatic rings. The van der Waals surface area contributed by atoms with Crippen molar-refractivity contribution in [2.75, 3.05) is 32.7 Å². The quantitative estimate of drug-likeness (QED) is 0.843. The van der Waals surface area contributed by atoms with Crippen LogP contribution in [0.2, 0.25) is 0 Å². The van der Waals surface area contributed by atoms with Crippen LogP contribution >= 0.6 is 0 Å². The van der Waals surface area contributed by atoms with Gasteiger partial charge in [0.1, 0.15) is 0 Å². The maximum Gasteiger partial charge on any atom is 0.0223 e. The van der Waals surface area contributed by atoms with E-state index in [-0.39, 0.29) is 5.54 Å². The first-order valence-electron chi connectivity index (χ1n) is 8.19. The number of hydrogen-bond acceptors (Lipinski definition) is 3. The van der Waals surface area contributed by atoms with Crippen LogP contribution in [-0.4, -0.2) is 60.1 Å². The normalized spacial score (nSPS) is 28.1. The second-order valence-electron chi connectivity index (χ2n) is 7.49. The predicted molar refractivity (Wildman–Crippen MR) is 82.6 cm³/mol. The summed E-state index contributed by atoms with van der Waals surface area (Å²) in [6, 6.07) is 1.57. The van der Waals surface area contributed by atoms with E-state index in [2.05, 4.69) is 42.8 Å². The number of piperidine rings is 1. The fraction of sp³-hybridized carbons (Fsp3) is 1.00. The van der Waals surface area contributed by atoms with Gasteiger partial charge in [-0.15, -0.1) is 0 Å². The van der Waals surface area contributed by atoms with E-state index in [1.54, 1.807) is 0 Å². The summed E-state index contributed by atoms with van der Waals surface area (Å²) in [4.78, 5) is 5.44. The summed E-state index contributed by atoms with van der Waals surface area (Å²) >= 11 is 0. The SMILES string of the molecule is CC(CCNC(C)(C)C)N1CCN2CCCCC2C1. The minimum atomic E-state index is 0.252. The Morgan fingerprint density at radius 1 is 1.16 bits per heavy atom. The van der Waals surface area contributed by atoms with Crippen molar-refractivity contribution in [1.29, 1.82) is 0 Å². The third kappa shape index (κ3) is 4.73. The minimum Gasteiger partial charge on any atom is -0.312 e. The van der Waals surface area contributed by atoms with Crippen molar-refractivity contribution in [1.82, 2.24) is 15.1 Å². The molecule has 0 amide bonds. The van der Waals surface area contributed by atoms with Gasteiger partial charge in [0.05, 0.1) is 0 Å². The highest BCUT2D eigenvalue weighted by molar-refractivity contribution is 4.87.